The van der Waals surface area contributed by atoms with Crippen molar-refractivity contribution in [3.63, 3.8) is 0 Å². The standard InChI is InChI=1S/C13H14F4O/c1-3-9-5-7-10(8-6-9)11(18)13(16,17)12(14,15)4-2/h4-8,11,18H,2-3H2,1H3. The molecule has 1 nitrogen and oxygen atoms in total. The summed E-state index contributed by atoms with van der Waals surface area (Å²) in [6.45, 7) is 4.53. The van der Waals surface area contributed by atoms with E-state index in [9.17, 15) is 22.7 Å². The van der Waals surface area contributed by atoms with Crippen LogP contribution in [-0.4, -0.2) is 17.0 Å². The average Bonchev–Trinajstić information content (AvgIpc) is 2.37. The summed E-state index contributed by atoms with van der Waals surface area (Å²) >= 11 is 0. The van der Waals surface area contributed by atoms with Crippen LogP contribution in [-0.2, 0) is 6.42 Å². The molecule has 0 aliphatic heterocycles. The van der Waals surface area contributed by atoms with Gasteiger partial charge in [0.1, 0.15) is 6.10 Å². The molecule has 0 amide bonds. The molecule has 0 bridgehead atoms. The first kappa shape index (κ1) is 14.7. The minimum absolute atomic E-state index is 0.156. The van der Waals surface area contributed by atoms with Crippen LogP contribution in [0.15, 0.2) is 36.9 Å². The van der Waals surface area contributed by atoms with Crippen LogP contribution in [0.2, 0.25) is 0 Å². The van der Waals surface area contributed by atoms with Crippen LogP contribution in [0.1, 0.15) is 24.2 Å². The van der Waals surface area contributed by atoms with E-state index < -0.39 is 17.9 Å². The zero-order valence-electron chi connectivity index (χ0n) is 9.84. The molecule has 18 heavy (non-hydrogen) atoms. The summed E-state index contributed by atoms with van der Waals surface area (Å²) in [5.41, 5.74) is 0.614. The maximum Gasteiger partial charge on any atom is 0.343 e. The number of aryl methyl sites for hydroxylation is 1. The van der Waals surface area contributed by atoms with Crippen LogP contribution in [0.5, 0.6) is 0 Å². The molecule has 0 aliphatic carbocycles. The highest BCUT2D eigenvalue weighted by Crippen LogP contribution is 2.44. The summed E-state index contributed by atoms with van der Waals surface area (Å²) in [4.78, 5) is 0. The minimum atomic E-state index is -4.59. The minimum Gasteiger partial charge on any atom is -0.382 e. The van der Waals surface area contributed by atoms with Gasteiger partial charge in [0, 0.05) is 0 Å². The molecule has 1 rings (SSSR count). The first-order chi connectivity index (χ1) is 8.26. The smallest absolute Gasteiger partial charge is 0.343 e. The summed E-state index contributed by atoms with van der Waals surface area (Å²) in [6.07, 6.45) is -2.04. The Kier molecular flexibility index (Phi) is 4.16. The van der Waals surface area contributed by atoms with Crippen molar-refractivity contribution < 1.29 is 22.7 Å². The van der Waals surface area contributed by atoms with Crippen molar-refractivity contribution in [1.29, 1.82) is 0 Å². The molecule has 1 aromatic rings. The van der Waals surface area contributed by atoms with Gasteiger partial charge in [0.15, 0.2) is 0 Å². The monoisotopic (exact) mass is 262 g/mol. The summed E-state index contributed by atoms with van der Waals surface area (Å²) < 4.78 is 52.8. The van der Waals surface area contributed by atoms with E-state index in [-0.39, 0.29) is 11.6 Å². The number of rotatable bonds is 5. The predicted molar refractivity (Wildman–Crippen MR) is 60.9 cm³/mol. The molecule has 5 heteroatoms. The van der Waals surface area contributed by atoms with E-state index in [0.29, 0.717) is 6.42 Å². The number of hydrogen-bond acceptors (Lipinski definition) is 1. The van der Waals surface area contributed by atoms with Gasteiger partial charge in [0.25, 0.3) is 0 Å². The zero-order chi connectivity index (χ0) is 14.0. The van der Waals surface area contributed by atoms with Crippen molar-refractivity contribution in [2.75, 3.05) is 0 Å². The Bertz CT molecular complexity index is 412. The molecule has 0 aromatic heterocycles. The van der Waals surface area contributed by atoms with Gasteiger partial charge in [-0.3, -0.25) is 0 Å². The molecular formula is C13H14F4O. The normalized spacial score (nSPS) is 14.3. The van der Waals surface area contributed by atoms with Gasteiger partial charge in [-0.1, -0.05) is 37.8 Å². The molecule has 0 spiro atoms. The van der Waals surface area contributed by atoms with Crippen LogP contribution in [0, 0.1) is 0 Å². The van der Waals surface area contributed by atoms with E-state index in [0.717, 1.165) is 5.56 Å². The third-order valence-corrected chi connectivity index (χ3v) is 2.75. The van der Waals surface area contributed by atoms with Gasteiger partial charge in [0.05, 0.1) is 0 Å². The molecule has 1 atom stereocenters. The summed E-state index contributed by atoms with van der Waals surface area (Å²) in [6, 6.07) is 5.47. The zero-order valence-corrected chi connectivity index (χ0v) is 9.84. The van der Waals surface area contributed by atoms with Gasteiger partial charge in [-0.05, 0) is 23.6 Å². The molecule has 0 fully saturated rings. The molecule has 0 saturated heterocycles. The Morgan fingerprint density at radius 3 is 2.11 bits per heavy atom. The summed E-state index contributed by atoms with van der Waals surface area (Å²) in [7, 11) is 0. The van der Waals surface area contributed by atoms with Gasteiger partial charge in [0.2, 0.25) is 0 Å². The maximum atomic E-state index is 13.4. The Morgan fingerprint density at radius 2 is 1.72 bits per heavy atom. The molecule has 1 aromatic carbocycles. The quantitative estimate of drug-likeness (QED) is 0.633. The van der Waals surface area contributed by atoms with Crippen LogP contribution in [0.3, 0.4) is 0 Å². The lowest BCUT2D eigenvalue weighted by molar-refractivity contribution is -0.232. The highest BCUT2D eigenvalue weighted by Gasteiger charge is 2.59. The molecule has 1 N–H and O–H groups in total. The number of halogens is 4. The SMILES string of the molecule is C=CC(F)(F)C(F)(F)C(O)c1ccc(CC)cc1. The van der Waals surface area contributed by atoms with Crippen molar-refractivity contribution in [1.82, 2.24) is 0 Å². The summed E-state index contributed by atoms with van der Waals surface area (Å²) in [5, 5.41) is 9.40. The lowest BCUT2D eigenvalue weighted by Crippen LogP contribution is -2.43. The first-order valence-corrected chi connectivity index (χ1v) is 5.42. The van der Waals surface area contributed by atoms with Gasteiger partial charge < -0.3 is 5.11 Å². The third kappa shape index (κ3) is 2.56. The number of hydrogen-bond donors (Lipinski definition) is 1. The Morgan fingerprint density at radius 1 is 1.22 bits per heavy atom. The van der Waals surface area contributed by atoms with E-state index in [2.05, 4.69) is 6.58 Å². The molecule has 0 radical (unpaired) electrons. The number of benzene rings is 1. The highest BCUT2D eigenvalue weighted by atomic mass is 19.3. The molecule has 0 saturated carbocycles. The Hall–Kier alpha value is -1.36. The van der Waals surface area contributed by atoms with Crippen molar-refractivity contribution >= 4 is 0 Å². The lowest BCUT2D eigenvalue weighted by atomic mass is 9.97. The fraction of sp³-hybridized carbons (Fsp3) is 0.385. The third-order valence-electron chi connectivity index (χ3n) is 2.75. The van der Waals surface area contributed by atoms with Crippen molar-refractivity contribution in [3.05, 3.63) is 48.0 Å². The molecular weight excluding hydrogens is 248 g/mol. The van der Waals surface area contributed by atoms with E-state index in [4.69, 9.17) is 0 Å². The fourth-order valence-electron chi connectivity index (χ4n) is 1.46. The Balaban J connectivity index is 3.05. The van der Waals surface area contributed by atoms with E-state index >= 15 is 0 Å². The highest BCUT2D eigenvalue weighted by molar-refractivity contribution is 5.26. The van der Waals surface area contributed by atoms with E-state index in [1.807, 2.05) is 6.92 Å². The van der Waals surface area contributed by atoms with Crippen molar-refractivity contribution in [3.8, 4) is 0 Å². The van der Waals surface area contributed by atoms with Crippen molar-refractivity contribution in [2.24, 2.45) is 0 Å². The fourth-order valence-corrected chi connectivity index (χ4v) is 1.46. The van der Waals surface area contributed by atoms with E-state index in [1.165, 1.54) is 24.3 Å². The predicted octanol–water partition coefficient (Wildman–Crippen LogP) is 3.74. The van der Waals surface area contributed by atoms with Gasteiger partial charge >= 0.3 is 11.8 Å². The van der Waals surface area contributed by atoms with Crippen molar-refractivity contribution in [2.45, 2.75) is 31.3 Å². The van der Waals surface area contributed by atoms with Gasteiger partial charge in [-0.25, -0.2) is 0 Å². The van der Waals surface area contributed by atoms with E-state index in [1.54, 1.807) is 0 Å². The van der Waals surface area contributed by atoms with Crippen LogP contribution in [0.25, 0.3) is 0 Å². The number of aliphatic hydroxyl groups excluding tert-OH is 1. The van der Waals surface area contributed by atoms with Crippen LogP contribution >= 0.6 is 0 Å². The molecule has 0 heterocycles. The Labute approximate surface area is 103 Å². The van der Waals surface area contributed by atoms with Gasteiger partial charge in [-0.2, -0.15) is 17.6 Å². The van der Waals surface area contributed by atoms with Gasteiger partial charge in [-0.15, -0.1) is 0 Å². The maximum absolute atomic E-state index is 13.4. The molecule has 0 aliphatic rings. The second-order valence-corrected chi connectivity index (χ2v) is 3.95. The van der Waals surface area contributed by atoms with Crippen LogP contribution < -0.4 is 0 Å². The topological polar surface area (TPSA) is 20.2 Å². The number of aliphatic hydroxyl groups is 1. The second-order valence-electron chi connectivity index (χ2n) is 3.95. The number of allylic oxidation sites excluding steroid dienone is 1. The molecule has 1 unspecified atom stereocenters. The lowest BCUT2D eigenvalue weighted by Gasteiger charge is -2.28. The first-order valence-electron chi connectivity index (χ1n) is 5.42. The second kappa shape index (κ2) is 5.10. The van der Waals surface area contributed by atoms with Crippen LogP contribution in [0.4, 0.5) is 17.6 Å². The molecule has 100 valence electrons. The number of alkyl halides is 4. The average molecular weight is 262 g/mol. The largest absolute Gasteiger partial charge is 0.382 e. The summed E-state index contributed by atoms with van der Waals surface area (Å²) in [5.74, 6) is -9.06.